The summed E-state index contributed by atoms with van der Waals surface area (Å²) >= 11 is 5.91. The smallest absolute Gasteiger partial charge is 0.220 e. The predicted molar refractivity (Wildman–Crippen MR) is 115 cm³/mol. The minimum Gasteiger partial charge on any atom is -0.441 e. The summed E-state index contributed by atoms with van der Waals surface area (Å²) in [6.07, 6.45) is 6.11. The first-order valence-corrected chi connectivity index (χ1v) is 10.1. The number of aromatic nitrogens is 3. The molecule has 0 saturated heterocycles. The number of benzene rings is 2. The molecule has 6 nitrogen and oxygen atoms in total. The summed E-state index contributed by atoms with van der Waals surface area (Å²) in [4.78, 5) is 16.5. The maximum Gasteiger partial charge on any atom is 0.220 e. The third-order valence-electron chi connectivity index (χ3n) is 4.63. The molecule has 0 fully saturated rings. The molecule has 7 heteroatoms. The van der Waals surface area contributed by atoms with Crippen molar-refractivity contribution >= 4 is 17.5 Å². The molecule has 2 aromatic carbocycles. The van der Waals surface area contributed by atoms with E-state index >= 15 is 0 Å². The van der Waals surface area contributed by atoms with E-state index in [9.17, 15) is 4.79 Å². The van der Waals surface area contributed by atoms with Crippen LogP contribution in [0.2, 0.25) is 5.02 Å². The van der Waals surface area contributed by atoms with E-state index in [1.807, 2.05) is 47.3 Å². The average molecular weight is 421 g/mol. The number of hydrogen-bond donors (Lipinski definition) is 1. The second-order valence-corrected chi connectivity index (χ2v) is 7.36. The number of carbonyl (C=O) groups excluding carboxylic acids is 1. The minimum absolute atomic E-state index is 0.0428. The Bertz CT molecular complexity index is 1100. The van der Waals surface area contributed by atoms with E-state index in [0.29, 0.717) is 42.6 Å². The van der Waals surface area contributed by atoms with E-state index in [1.54, 1.807) is 24.5 Å². The van der Waals surface area contributed by atoms with Crippen LogP contribution in [0.15, 0.2) is 77.6 Å². The normalized spacial score (nSPS) is 10.8. The number of nitrogens with zero attached hydrogens (tertiary/aromatic N) is 3. The van der Waals surface area contributed by atoms with Crippen LogP contribution in [0.5, 0.6) is 0 Å². The van der Waals surface area contributed by atoms with Crippen molar-refractivity contribution < 1.29 is 9.21 Å². The second kappa shape index (κ2) is 9.41. The van der Waals surface area contributed by atoms with Crippen molar-refractivity contribution in [2.24, 2.45) is 0 Å². The molecule has 4 rings (SSSR count). The van der Waals surface area contributed by atoms with Gasteiger partial charge in [0.1, 0.15) is 0 Å². The lowest BCUT2D eigenvalue weighted by Crippen LogP contribution is -2.23. The van der Waals surface area contributed by atoms with Crippen LogP contribution in [0.3, 0.4) is 0 Å². The highest BCUT2D eigenvalue weighted by molar-refractivity contribution is 6.30. The lowest BCUT2D eigenvalue weighted by Gasteiger charge is -2.07. The van der Waals surface area contributed by atoms with Gasteiger partial charge in [-0.15, -0.1) is 0 Å². The van der Waals surface area contributed by atoms with Gasteiger partial charge in [-0.3, -0.25) is 9.48 Å². The first-order valence-electron chi connectivity index (χ1n) is 9.68. The first kappa shape index (κ1) is 19.9. The number of rotatable bonds is 8. The summed E-state index contributed by atoms with van der Waals surface area (Å²) in [5.74, 6) is 1.16. The van der Waals surface area contributed by atoms with Gasteiger partial charge < -0.3 is 9.73 Å². The molecule has 0 aliphatic rings. The molecule has 0 aliphatic carbocycles. The van der Waals surface area contributed by atoms with Gasteiger partial charge in [0.15, 0.2) is 11.7 Å². The Labute approximate surface area is 179 Å². The highest BCUT2D eigenvalue weighted by atomic mass is 35.5. The van der Waals surface area contributed by atoms with Crippen LogP contribution in [0.25, 0.3) is 11.3 Å². The second-order valence-electron chi connectivity index (χ2n) is 6.93. The number of carbonyl (C=O) groups is 1. The van der Waals surface area contributed by atoms with Crippen LogP contribution in [-0.4, -0.2) is 20.7 Å². The van der Waals surface area contributed by atoms with E-state index in [0.717, 1.165) is 16.7 Å². The summed E-state index contributed by atoms with van der Waals surface area (Å²) in [5, 5.41) is 7.84. The number of oxazole rings is 1. The highest BCUT2D eigenvalue weighted by Crippen LogP contribution is 2.22. The van der Waals surface area contributed by atoms with Gasteiger partial charge in [0, 0.05) is 42.4 Å². The van der Waals surface area contributed by atoms with Crippen molar-refractivity contribution in [1.29, 1.82) is 0 Å². The fourth-order valence-electron chi connectivity index (χ4n) is 3.10. The molecule has 0 radical (unpaired) electrons. The first-order chi connectivity index (χ1) is 14.7. The number of halogens is 1. The predicted octanol–water partition coefficient (Wildman–Crippen LogP) is 4.49. The van der Waals surface area contributed by atoms with Gasteiger partial charge in [-0.2, -0.15) is 5.10 Å². The average Bonchev–Trinajstić information content (AvgIpc) is 3.44. The van der Waals surface area contributed by atoms with Crippen molar-refractivity contribution in [2.45, 2.75) is 25.9 Å². The summed E-state index contributed by atoms with van der Waals surface area (Å²) < 4.78 is 7.61. The molecule has 0 atom stereocenters. The van der Waals surface area contributed by atoms with Crippen LogP contribution in [0, 0.1) is 0 Å². The summed E-state index contributed by atoms with van der Waals surface area (Å²) in [6.45, 7) is 1.18. The lowest BCUT2D eigenvalue weighted by atomic mass is 10.1. The SMILES string of the molecule is O=C(CCc1ncc(-c2ccc(Cl)cc2)o1)NCc1cccc(Cn2cccn2)c1. The molecule has 30 heavy (non-hydrogen) atoms. The quantitative estimate of drug-likeness (QED) is 0.456. The Kier molecular flexibility index (Phi) is 6.25. The third-order valence-corrected chi connectivity index (χ3v) is 4.89. The molecular formula is C23H21ClN4O2. The maximum absolute atomic E-state index is 12.2. The van der Waals surface area contributed by atoms with Gasteiger partial charge in [0.05, 0.1) is 12.7 Å². The fourth-order valence-corrected chi connectivity index (χ4v) is 3.23. The molecule has 2 aromatic heterocycles. The van der Waals surface area contributed by atoms with Gasteiger partial charge >= 0.3 is 0 Å². The molecule has 0 bridgehead atoms. The zero-order valence-electron chi connectivity index (χ0n) is 16.3. The Morgan fingerprint density at radius 1 is 1.10 bits per heavy atom. The molecule has 0 spiro atoms. The fraction of sp³-hybridized carbons (Fsp3) is 0.174. The largest absolute Gasteiger partial charge is 0.441 e. The zero-order chi connectivity index (χ0) is 20.8. The Morgan fingerprint density at radius 2 is 1.93 bits per heavy atom. The van der Waals surface area contributed by atoms with Crippen LogP contribution < -0.4 is 5.32 Å². The summed E-state index contributed by atoms with van der Waals surface area (Å²) in [6, 6.07) is 17.4. The van der Waals surface area contributed by atoms with Gasteiger partial charge in [-0.05, 0) is 41.5 Å². The van der Waals surface area contributed by atoms with Crippen molar-refractivity contribution in [1.82, 2.24) is 20.1 Å². The van der Waals surface area contributed by atoms with E-state index in [1.165, 1.54) is 0 Å². The number of aryl methyl sites for hydroxylation is 1. The molecule has 2 heterocycles. The Balaban J connectivity index is 1.26. The lowest BCUT2D eigenvalue weighted by molar-refractivity contribution is -0.121. The Morgan fingerprint density at radius 3 is 2.73 bits per heavy atom. The molecule has 0 unspecified atom stereocenters. The minimum atomic E-state index is -0.0428. The molecule has 4 aromatic rings. The molecule has 0 saturated carbocycles. The van der Waals surface area contributed by atoms with Crippen LogP contribution in [0.4, 0.5) is 0 Å². The standard InChI is InChI=1S/C23H21ClN4O2/c24-20-7-5-19(6-8-20)21-15-26-23(30-21)10-9-22(29)25-14-17-3-1-4-18(13-17)16-28-12-2-11-27-28/h1-8,11-13,15H,9-10,14,16H2,(H,25,29). The molecule has 0 aliphatic heterocycles. The van der Waals surface area contributed by atoms with Gasteiger partial charge in [-0.1, -0.05) is 35.9 Å². The van der Waals surface area contributed by atoms with Crippen LogP contribution in [-0.2, 0) is 24.3 Å². The highest BCUT2D eigenvalue weighted by Gasteiger charge is 2.09. The van der Waals surface area contributed by atoms with Crippen molar-refractivity contribution in [3.05, 3.63) is 95.2 Å². The molecule has 152 valence electrons. The summed E-state index contributed by atoms with van der Waals surface area (Å²) in [5.41, 5.74) is 3.09. The van der Waals surface area contributed by atoms with Crippen molar-refractivity contribution in [3.8, 4) is 11.3 Å². The molecule has 1 amide bonds. The maximum atomic E-state index is 12.2. The zero-order valence-corrected chi connectivity index (χ0v) is 17.0. The van der Waals surface area contributed by atoms with Gasteiger partial charge in [0.2, 0.25) is 5.91 Å². The number of nitrogens with one attached hydrogen (secondary N) is 1. The van der Waals surface area contributed by atoms with Gasteiger partial charge in [0.25, 0.3) is 0 Å². The summed E-state index contributed by atoms with van der Waals surface area (Å²) in [7, 11) is 0. The van der Waals surface area contributed by atoms with E-state index in [-0.39, 0.29) is 5.91 Å². The van der Waals surface area contributed by atoms with Crippen LogP contribution >= 0.6 is 11.6 Å². The van der Waals surface area contributed by atoms with Crippen molar-refractivity contribution in [3.63, 3.8) is 0 Å². The monoisotopic (exact) mass is 420 g/mol. The van der Waals surface area contributed by atoms with Gasteiger partial charge in [-0.25, -0.2) is 4.98 Å². The molecular weight excluding hydrogens is 400 g/mol. The van der Waals surface area contributed by atoms with Crippen LogP contribution in [0.1, 0.15) is 23.4 Å². The topological polar surface area (TPSA) is 73.0 Å². The number of amides is 1. The van der Waals surface area contributed by atoms with E-state index in [2.05, 4.69) is 21.5 Å². The van der Waals surface area contributed by atoms with E-state index in [4.69, 9.17) is 16.0 Å². The van der Waals surface area contributed by atoms with Crippen molar-refractivity contribution in [2.75, 3.05) is 0 Å². The number of hydrogen-bond acceptors (Lipinski definition) is 4. The Hall–Kier alpha value is -3.38. The van der Waals surface area contributed by atoms with E-state index < -0.39 is 0 Å². The molecule has 1 N–H and O–H groups in total. The third kappa shape index (κ3) is 5.36.